The lowest BCUT2D eigenvalue weighted by atomic mass is 9.90. The number of nitrogens with one attached hydrogen (secondary N) is 1. The van der Waals surface area contributed by atoms with Gasteiger partial charge in [-0.25, -0.2) is 4.39 Å². The lowest BCUT2D eigenvalue weighted by Crippen LogP contribution is -2.47. The van der Waals surface area contributed by atoms with Gasteiger partial charge in [-0.05, 0) is 75.0 Å². The Morgan fingerprint density at radius 3 is 2.32 bits per heavy atom. The molecule has 0 spiro atoms. The molecule has 3 aromatic rings. The van der Waals surface area contributed by atoms with Gasteiger partial charge in [0.1, 0.15) is 5.82 Å². The minimum Gasteiger partial charge on any atom is -0.358 e. The maximum atomic E-state index is 13.4. The van der Waals surface area contributed by atoms with E-state index in [0.717, 1.165) is 60.1 Å². The van der Waals surface area contributed by atoms with E-state index in [-0.39, 0.29) is 17.6 Å². The van der Waals surface area contributed by atoms with Crippen LogP contribution in [0.1, 0.15) is 40.0 Å². The Hall–Kier alpha value is -3.45. The lowest BCUT2D eigenvalue weighted by Gasteiger charge is -2.33. The average molecular weight is 503 g/mol. The zero-order chi connectivity index (χ0) is 26.1. The second-order valence-corrected chi connectivity index (χ2v) is 10.5. The summed E-state index contributed by atoms with van der Waals surface area (Å²) in [7, 11) is 2.06. The van der Waals surface area contributed by atoms with Gasteiger partial charge in [0.25, 0.3) is 11.8 Å². The molecule has 2 aliphatic rings. The van der Waals surface area contributed by atoms with Crippen LogP contribution in [0.2, 0.25) is 0 Å². The highest BCUT2D eigenvalue weighted by molar-refractivity contribution is 6.22. The van der Waals surface area contributed by atoms with Crippen molar-refractivity contribution in [3.8, 4) is 0 Å². The van der Waals surface area contributed by atoms with E-state index in [1.807, 2.05) is 47.1 Å². The molecule has 2 amide bonds. The fraction of sp³-hybridized carbons (Fsp3) is 0.400. The Morgan fingerprint density at radius 1 is 0.973 bits per heavy atom. The van der Waals surface area contributed by atoms with Crippen LogP contribution in [0.25, 0.3) is 16.5 Å². The quantitative estimate of drug-likeness (QED) is 0.523. The van der Waals surface area contributed by atoms with Crippen LogP contribution < -0.4 is 0 Å². The van der Waals surface area contributed by atoms with Crippen LogP contribution in [0.4, 0.5) is 4.39 Å². The van der Waals surface area contributed by atoms with Crippen LogP contribution in [0.5, 0.6) is 0 Å². The standard InChI is InChI=1S/C30H35FN4O2/c1-20(29(36)35-16-14-33(3)15-17-35)28-21(2)32-27-9-6-24(19-26(27)28)30(37)34-12-10-23(11-13-34)18-22-4-7-25(31)8-5-22/h4-9,19,23,32H,1,10-18H2,2-3H3. The number of rotatable bonds is 5. The monoisotopic (exact) mass is 502 g/mol. The number of carbonyl (C=O) groups excluding carboxylic acids is 2. The van der Waals surface area contributed by atoms with Gasteiger partial charge in [-0.3, -0.25) is 9.59 Å². The van der Waals surface area contributed by atoms with Crippen molar-refractivity contribution < 1.29 is 14.0 Å². The number of nitrogens with zero attached hydrogens (tertiary/aromatic N) is 3. The number of halogens is 1. The third-order valence-corrected chi connectivity index (χ3v) is 7.92. The minimum atomic E-state index is -0.214. The molecule has 37 heavy (non-hydrogen) atoms. The summed E-state index contributed by atoms with van der Waals surface area (Å²) >= 11 is 0. The highest BCUT2D eigenvalue weighted by Gasteiger charge is 2.27. The summed E-state index contributed by atoms with van der Waals surface area (Å²) in [4.78, 5) is 36.0. The molecule has 2 aliphatic heterocycles. The largest absolute Gasteiger partial charge is 0.358 e. The summed E-state index contributed by atoms with van der Waals surface area (Å²) < 4.78 is 13.2. The molecule has 0 atom stereocenters. The van der Waals surface area contributed by atoms with Crippen molar-refractivity contribution >= 4 is 28.3 Å². The van der Waals surface area contributed by atoms with E-state index in [1.54, 1.807) is 0 Å². The van der Waals surface area contributed by atoms with Crippen LogP contribution in [-0.4, -0.2) is 77.8 Å². The molecule has 0 aliphatic carbocycles. The number of hydrogen-bond donors (Lipinski definition) is 1. The Bertz CT molecular complexity index is 1310. The van der Waals surface area contributed by atoms with Gasteiger partial charge in [0.2, 0.25) is 0 Å². The van der Waals surface area contributed by atoms with E-state index in [4.69, 9.17) is 0 Å². The molecule has 0 saturated carbocycles. The van der Waals surface area contributed by atoms with Gasteiger partial charge < -0.3 is 19.7 Å². The molecule has 0 unspecified atom stereocenters. The summed E-state index contributed by atoms with van der Waals surface area (Å²) in [5.41, 5.74) is 4.82. The molecule has 5 rings (SSSR count). The molecule has 2 fully saturated rings. The summed E-state index contributed by atoms with van der Waals surface area (Å²) in [6, 6.07) is 12.4. The number of aryl methyl sites for hydroxylation is 1. The molecule has 3 heterocycles. The van der Waals surface area contributed by atoms with Gasteiger partial charge in [0, 0.05) is 72.6 Å². The van der Waals surface area contributed by atoms with Crippen molar-refractivity contribution in [2.45, 2.75) is 26.2 Å². The number of fused-ring (bicyclic) bond motifs is 1. The second-order valence-electron chi connectivity index (χ2n) is 10.5. The minimum absolute atomic E-state index is 0.0166. The number of benzene rings is 2. The molecule has 194 valence electrons. The summed E-state index contributed by atoms with van der Waals surface area (Å²) in [6.45, 7) is 10.6. The normalized spacial score (nSPS) is 17.4. The number of piperidine rings is 1. The van der Waals surface area contributed by atoms with Gasteiger partial charge in [-0.1, -0.05) is 18.7 Å². The molecule has 1 N–H and O–H groups in total. The third kappa shape index (κ3) is 5.32. The molecule has 6 nitrogen and oxygen atoms in total. The smallest absolute Gasteiger partial charge is 0.254 e. The second kappa shape index (κ2) is 10.5. The molecular weight excluding hydrogens is 467 g/mol. The number of likely N-dealkylation sites (N-methyl/N-ethyl adjacent to an activating group) is 1. The topological polar surface area (TPSA) is 59.7 Å². The molecule has 0 bridgehead atoms. The fourth-order valence-corrected chi connectivity index (χ4v) is 5.63. The van der Waals surface area contributed by atoms with Crippen molar-refractivity contribution in [1.82, 2.24) is 19.7 Å². The van der Waals surface area contributed by atoms with Crippen molar-refractivity contribution in [1.29, 1.82) is 0 Å². The number of piperazine rings is 1. The van der Waals surface area contributed by atoms with Gasteiger partial charge in [-0.2, -0.15) is 0 Å². The van der Waals surface area contributed by atoms with Crippen LogP contribution in [0.3, 0.4) is 0 Å². The molecule has 2 saturated heterocycles. The van der Waals surface area contributed by atoms with Crippen molar-refractivity contribution in [3.05, 3.63) is 77.2 Å². The molecule has 7 heteroatoms. The first-order valence-corrected chi connectivity index (χ1v) is 13.1. The maximum absolute atomic E-state index is 13.4. The van der Waals surface area contributed by atoms with Crippen molar-refractivity contribution in [2.75, 3.05) is 46.3 Å². The van der Waals surface area contributed by atoms with E-state index < -0.39 is 0 Å². The molecular formula is C30H35FN4O2. The number of H-pyrrole nitrogens is 1. The first-order chi connectivity index (χ1) is 17.8. The SMILES string of the molecule is C=C(C(=O)N1CCN(C)CC1)c1c(C)[nH]c2ccc(C(=O)N3CCC(Cc4ccc(F)cc4)CC3)cc12. The molecule has 1 aromatic heterocycles. The number of carbonyl (C=O) groups is 2. The molecule has 0 radical (unpaired) electrons. The maximum Gasteiger partial charge on any atom is 0.254 e. The Kier molecular flexibility index (Phi) is 7.15. The highest BCUT2D eigenvalue weighted by Crippen LogP contribution is 2.31. The third-order valence-electron chi connectivity index (χ3n) is 7.92. The molecule has 2 aromatic carbocycles. The number of aromatic amines is 1. The summed E-state index contributed by atoms with van der Waals surface area (Å²) in [5.74, 6) is 0.244. The van der Waals surface area contributed by atoms with E-state index in [1.165, 1.54) is 12.1 Å². The Labute approximate surface area is 217 Å². The summed E-state index contributed by atoms with van der Waals surface area (Å²) in [5, 5.41) is 0.863. The number of amides is 2. The zero-order valence-electron chi connectivity index (χ0n) is 21.7. The van der Waals surface area contributed by atoms with Crippen molar-refractivity contribution in [2.24, 2.45) is 5.92 Å². The highest BCUT2D eigenvalue weighted by atomic mass is 19.1. The Balaban J connectivity index is 1.28. The van der Waals surface area contributed by atoms with Crippen LogP contribution in [0.15, 0.2) is 49.0 Å². The van der Waals surface area contributed by atoms with E-state index in [9.17, 15) is 14.0 Å². The van der Waals surface area contributed by atoms with Crippen LogP contribution in [-0.2, 0) is 11.2 Å². The predicted octanol–water partition coefficient (Wildman–Crippen LogP) is 4.50. The van der Waals surface area contributed by atoms with Crippen molar-refractivity contribution in [3.63, 3.8) is 0 Å². The van der Waals surface area contributed by atoms with Gasteiger partial charge >= 0.3 is 0 Å². The number of hydrogen-bond acceptors (Lipinski definition) is 3. The first-order valence-electron chi connectivity index (χ1n) is 13.1. The summed E-state index contributed by atoms with van der Waals surface area (Å²) in [6.07, 6.45) is 2.76. The Morgan fingerprint density at radius 2 is 1.65 bits per heavy atom. The zero-order valence-corrected chi connectivity index (χ0v) is 21.7. The van der Waals surface area contributed by atoms with E-state index >= 15 is 0 Å². The average Bonchev–Trinajstić information content (AvgIpc) is 3.24. The van der Waals surface area contributed by atoms with Gasteiger partial charge in [0.15, 0.2) is 0 Å². The lowest BCUT2D eigenvalue weighted by molar-refractivity contribution is -0.126. The van der Waals surface area contributed by atoms with Crippen LogP contribution in [0, 0.1) is 18.7 Å². The number of aromatic nitrogens is 1. The number of likely N-dealkylation sites (tertiary alicyclic amines) is 1. The predicted molar refractivity (Wildman–Crippen MR) is 145 cm³/mol. The van der Waals surface area contributed by atoms with Gasteiger partial charge in [-0.15, -0.1) is 0 Å². The first kappa shape index (κ1) is 25.2. The van der Waals surface area contributed by atoms with E-state index in [2.05, 4.69) is 23.5 Å². The van der Waals surface area contributed by atoms with Crippen LogP contribution >= 0.6 is 0 Å². The van der Waals surface area contributed by atoms with Gasteiger partial charge in [0.05, 0.1) is 0 Å². The fourth-order valence-electron chi connectivity index (χ4n) is 5.63. The van der Waals surface area contributed by atoms with E-state index in [0.29, 0.717) is 43.2 Å².